The van der Waals surface area contributed by atoms with Crippen molar-refractivity contribution < 1.29 is 4.39 Å². The SMILES string of the molecule is O=c1[nH]nnn1-c1ccc(Br)cc1F. The van der Waals surface area contributed by atoms with Gasteiger partial charge < -0.3 is 0 Å². The van der Waals surface area contributed by atoms with Crippen molar-refractivity contribution in [1.29, 1.82) is 0 Å². The Hall–Kier alpha value is -1.50. The number of halogens is 2. The van der Waals surface area contributed by atoms with Gasteiger partial charge in [0.2, 0.25) is 0 Å². The van der Waals surface area contributed by atoms with Gasteiger partial charge in [0, 0.05) is 4.47 Å². The molecule has 0 amide bonds. The van der Waals surface area contributed by atoms with E-state index >= 15 is 0 Å². The lowest BCUT2D eigenvalue weighted by atomic mass is 10.3. The van der Waals surface area contributed by atoms with Crippen LogP contribution in [0, 0.1) is 5.82 Å². The fraction of sp³-hybridized carbons (Fsp3) is 0. The number of rotatable bonds is 1. The Morgan fingerprint density at radius 1 is 1.50 bits per heavy atom. The molecule has 0 saturated carbocycles. The molecule has 1 aromatic heterocycles. The predicted octanol–water partition coefficient (Wildman–Crippen LogP) is 0.857. The highest BCUT2D eigenvalue weighted by molar-refractivity contribution is 9.10. The van der Waals surface area contributed by atoms with Crippen molar-refractivity contribution in [3.63, 3.8) is 0 Å². The molecule has 2 aromatic rings. The average Bonchev–Trinajstić information content (AvgIpc) is 2.52. The van der Waals surface area contributed by atoms with E-state index < -0.39 is 11.5 Å². The Bertz CT molecular complexity index is 520. The summed E-state index contributed by atoms with van der Waals surface area (Å²) in [5.74, 6) is -0.546. The molecule has 0 aliphatic carbocycles. The minimum atomic E-state index is -0.578. The van der Waals surface area contributed by atoms with Crippen LogP contribution in [0.3, 0.4) is 0 Å². The largest absolute Gasteiger partial charge is 0.365 e. The molecule has 0 fully saturated rings. The van der Waals surface area contributed by atoms with Crippen molar-refractivity contribution in [3.8, 4) is 5.69 Å². The van der Waals surface area contributed by atoms with E-state index in [-0.39, 0.29) is 5.69 Å². The fourth-order valence-electron chi connectivity index (χ4n) is 1.01. The van der Waals surface area contributed by atoms with E-state index in [1.54, 1.807) is 6.07 Å². The molecule has 7 heteroatoms. The second-order valence-electron chi connectivity index (χ2n) is 2.51. The van der Waals surface area contributed by atoms with Crippen LogP contribution in [0.15, 0.2) is 27.5 Å². The van der Waals surface area contributed by atoms with Crippen molar-refractivity contribution in [3.05, 3.63) is 39.0 Å². The summed E-state index contributed by atoms with van der Waals surface area (Å²) in [6, 6.07) is 4.29. The van der Waals surface area contributed by atoms with Crippen molar-refractivity contribution >= 4 is 15.9 Å². The summed E-state index contributed by atoms with van der Waals surface area (Å²) in [6.07, 6.45) is 0. The van der Waals surface area contributed by atoms with E-state index in [1.165, 1.54) is 12.1 Å². The van der Waals surface area contributed by atoms with Gasteiger partial charge in [-0.1, -0.05) is 15.9 Å². The third-order valence-corrected chi connectivity index (χ3v) is 2.10. The summed E-state index contributed by atoms with van der Waals surface area (Å²) in [6.45, 7) is 0. The monoisotopic (exact) mass is 258 g/mol. The first-order valence-electron chi connectivity index (χ1n) is 3.64. The zero-order chi connectivity index (χ0) is 10.1. The minimum absolute atomic E-state index is 0.0620. The summed E-state index contributed by atoms with van der Waals surface area (Å²) < 4.78 is 14.8. The van der Waals surface area contributed by atoms with Crippen LogP contribution >= 0.6 is 15.9 Å². The molecule has 1 aromatic carbocycles. The summed E-state index contributed by atoms with van der Waals surface area (Å²) in [7, 11) is 0. The molecule has 5 nitrogen and oxygen atoms in total. The van der Waals surface area contributed by atoms with Crippen LogP contribution in [0.4, 0.5) is 4.39 Å². The van der Waals surface area contributed by atoms with Gasteiger partial charge in [0.1, 0.15) is 11.5 Å². The van der Waals surface area contributed by atoms with Gasteiger partial charge in [-0.2, -0.15) is 4.68 Å². The Kier molecular flexibility index (Phi) is 2.16. The standard InChI is InChI=1S/C7H4BrFN4O/c8-4-1-2-6(5(9)3-4)13-7(14)10-11-12-13/h1-3H,(H,10,12,14). The van der Waals surface area contributed by atoms with Gasteiger partial charge in [0.25, 0.3) is 0 Å². The highest BCUT2D eigenvalue weighted by Gasteiger charge is 2.08. The van der Waals surface area contributed by atoms with Crippen LogP contribution in [0.5, 0.6) is 0 Å². The molecule has 0 aliphatic rings. The Morgan fingerprint density at radius 3 is 2.86 bits per heavy atom. The molecule has 1 N–H and O–H groups in total. The predicted molar refractivity (Wildman–Crippen MR) is 49.6 cm³/mol. The molecule has 0 atom stereocenters. The lowest BCUT2D eigenvalue weighted by molar-refractivity contribution is 0.603. The first-order valence-corrected chi connectivity index (χ1v) is 4.43. The smallest absolute Gasteiger partial charge is 0.244 e. The van der Waals surface area contributed by atoms with Gasteiger partial charge in [-0.15, -0.1) is 0 Å². The van der Waals surface area contributed by atoms with Crippen LogP contribution in [0.2, 0.25) is 0 Å². The topological polar surface area (TPSA) is 63.6 Å². The number of aromatic nitrogens is 4. The van der Waals surface area contributed by atoms with E-state index in [0.29, 0.717) is 4.47 Å². The third-order valence-electron chi connectivity index (χ3n) is 1.61. The lowest BCUT2D eigenvalue weighted by Crippen LogP contribution is -2.17. The van der Waals surface area contributed by atoms with Gasteiger partial charge in [0.15, 0.2) is 0 Å². The van der Waals surface area contributed by atoms with Crippen LogP contribution in [-0.2, 0) is 0 Å². The summed E-state index contributed by atoms with van der Waals surface area (Å²) >= 11 is 3.11. The van der Waals surface area contributed by atoms with E-state index in [4.69, 9.17) is 0 Å². The molecule has 0 aliphatic heterocycles. The number of aromatic amines is 1. The zero-order valence-electron chi connectivity index (χ0n) is 6.74. The van der Waals surface area contributed by atoms with Gasteiger partial charge in [-0.05, 0) is 28.6 Å². The maximum absolute atomic E-state index is 13.3. The number of hydrogen-bond donors (Lipinski definition) is 1. The van der Waals surface area contributed by atoms with Gasteiger partial charge in [0.05, 0.1) is 0 Å². The number of nitrogens with one attached hydrogen (secondary N) is 1. The van der Waals surface area contributed by atoms with Crippen LogP contribution < -0.4 is 5.69 Å². The normalized spacial score (nSPS) is 10.4. The van der Waals surface area contributed by atoms with Crippen molar-refractivity contribution in [2.45, 2.75) is 0 Å². The molecule has 0 unspecified atom stereocenters. The second-order valence-corrected chi connectivity index (χ2v) is 3.43. The maximum atomic E-state index is 13.3. The average molecular weight is 259 g/mol. The van der Waals surface area contributed by atoms with Crippen molar-refractivity contribution in [1.82, 2.24) is 20.2 Å². The molecular weight excluding hydrogens is 255 g/mol. The Labute approximate surface area is 85.7 Å². The van der Waals surface area contributed by atoms with Gasteiger partial charge in [-0.3, -0.25) is 0 Å². The van der Waals surface area contributed by atoms with E-state index in [1.807, 2.05) is 0 Å². The zero-order valence-corrected chi connectivity index (χ0v) is 8.32. The molecule has 0 bridgehead atoms. The molecule has 72 valence electrons. The number of nitrogens with zero attached hydrogens (tertiary/aromatic N) is 3. The van der Waals surface area contributed by atoms with Gasteiger partial charge >= 0.3 is 5.69 Å². The summed E-state index contributed by atoms with van der Waals surface area (Å²) in [5, 5.41) is 8.76. The fourth-order valence-corrected chi connectivity index (χ4v) is 1.34. The Morgan fingerprint density at radius 2 is 2.29 bits per heavy atom. The highest BCUT2D eigenvalue weighted by atomic mass is 79.9. The number of hydrogen-bond acceptors (Lipinski definition) is 3. The molecule has 1 heterocycles. The van der Waals surface area contributed by atoms with Crippen molar-refractivity contribution in [2.75, 3.05) is 0 Å². The maximum Gasteiger partial charge on any atom is 0.365 e. The molecule has 0 saturated heterocycles. The quantitative estimate of drug-likeness (QED) is 0.825. The first-order chi connectivity index (χ1) is 6.68. The lowest BCUT2D eigenvalue weighted by Gasteiger charge is -1.99. The number of H-pyrrole nitrogens is 1. The molecule has 0 radical (unpaired) electrons. The van der Waals surface area contributed by atoms with E-state index in [0.717, 1.165) is 4.68 Å². The minimum Gasteiger partial charge on any atom is -0.244 e. The Balaban J connectivity index is 2.63. The summed E-state index contributed by atoms with van der Waals surface area (Å²) in [4.78, 5) is 11.1. The van der Waals surface area contributed by atoms with E-state index in [2.05, 4.69) is 31.5 Å². The molecule has 14 heavy (non-hydrogen) atoms. The molecule has 2 rings (SSSR count). The number of tetrazole rings is 1. The first kappa shape index (κ1) is 9.07. The van der Waals surface area contributed by atoms with Crippen molar-refractivity contribution in [2.24, 2.45) is 0 Å². The summed E-state index contributed by atoms with van der Waals surface area (Å²) in [5.41, 5.74) is -0.516. The van der Waals surface area contributed by atoms with Crippen LogP contribution in [0.25, 0.3) is 5.69 Å². The van der Waals surface area contributed by atoms with Crippen LogP contribution in [0.1, 0.15) is 0 Å². The molecular formula is C7H4BrFN4O. The highest BCUT2D eigenvalue weighted by Crippen LogP contribution is 2.16. The van der Waals surface area contributed by atoms with Gasteiger partial charge in [-0.25, -0.2) is 14.3 Å². The third kappa shape index (κ3) is 1.46. The molecule has 0 spiro atoms. The second kappa shape index (κ2) is 3.33. The van der Waals surface area contributed by atoms with Crippen LogP contribution in [-0.4, -0.2) is 20.2 Å². The van der Waals surface area contributed by atoms with E-state index in [9.17, 15) is 9.18 Å². The number of benzene rings is 1.